The van der Waals surface area contributed by atoms with Crippen molar-refractivity contribution in [3.63, 3.8) is 0 Å². The van der Waals surface area contributed by atoms with Gasteiger partial charge >= 0.3 is 0 Å². The van der Waals surface area contributed by atoms with Gasteiger partial charge in [0.05, 0.1) is 0 Å². The second kappa shape index (κ2) is 10.8. The average Bonchev–Trinajstić information content (AvgIpc) is 2.89. The van der Waals surface area contributed by atoms with Gasteiger partial charge in [-0.3, -0.25) is 0 Å². The smallest absolute Gasteiger partial charge is 0.100 e. The van der Waals surface area contributed by atoms with Crippen molar-refractivity contribution < 1.29 is 0 Å². The number of alkyl halides is 2. The molecule has 5 aliphatic carbocycles. The van der Waals surface area contributed by atoms with Crippen molar-refractivity contribution >= 4 is 23.2 Å². The molecule has 0 unspecified atom stereocenters. The molecular formula is C32H54Cl2. The normalized spacial score (nSPS) is 46.9. The van der Waals surface area contributed by atoms with Crippen molar-refractivity contribution in [1.82, 2.24) is 0 Å². The van der Waals surface area contributed by atoms with Gasteiger partial charge in [-0.2, -0.15) is 0 Å². The van der Waals surface area contributed by atoms with Crippen molar-refractivity contribution in [3.8, 4) is 0 Å². The van der Waals surface area contributed by atoms with Crippen LogP contribution in [0.15, 0.2) is 0 Å². The van der Waals surface area contributed by atoms with E-state index in [1.807, 2.05) is 0 Å². The number of hydrogen-bond acceptors (Lipinski definition) is 0. The first-order valence-electron chi connectivity index (χ1n) is 15.8. The third kappa shape index (κ3) is 4.76. The highest BCUT2D eigenvalue weighted by Gasteiger charge is 2.72. The summed E-state index contributed by atoms with van der Waals surface area (Å²) in [5.41, 5.74) is 0.494. The molecule has 0 bridgehead atoms. The SMILES string of the molecule is CCCC[C@H]1CC[C@H](C2CCC3(CC2)CC2(CCC([C@H]4CC[C@H](CC)CC4)CC2)C3(Cl)Cl)CC1. The summed E-state index contributed by atoms with van der Waals surface area (Å²) < 4.78 is -0.451. The van der Waals surface area contributed by atoms with Crippen LogP contribution in [0, 0.1) is 46.3 Å². The molecule has 0 amide bonds. The average molecular weight is 510 g/mol. The first kappa shape index (κ1) is 26.2. The van der Waals surface area contributed by atoms with E-state index in [0.717, 1.165) is 35.5 Å². The van der Waals surface area contributed by atoms with Crippen LogP contribution < -0.4 is 0 Å². The molecule has 0 radical (unpaired) electrons. The van der Waals surface area contributed by atoms with Gasteiger partial charge in [0.1, 0.15) is 4.33 Å². The van der Waals surface area contributed by atoms with Crippen LogP contribution in [0.2, 0.25) is 0 Å². The summed E-state index contributed by atoms with van der Waals surface area (Å²) in [4.78, 5) is 0. The number of rotatable bonds is 6. The Morgan fingerprint density at radius 3 is 1.35 bits per heavy atom. The van der Waals surface area contributed by atoms with Crippen LogP contribution in [0.3, 0.4) is 0 Å². The summed E-state index contributed by atoms with van der Waals surface area (Å²) in [5.74, 6) is 5.99. The predicted molar refractivity (Wildman–Crippen MR) is 149 cm³/mol. The Morgan fingerprint density at radius 2 is 0.971 bits per heavy atom. The lowest BCUT2D eigenvalue weighted by atomic mass is 9.42. The summed E-state index contributed by atoms with van der Waals surface area (Å²) in [6.07, 6.45) is 29.9. The van der Waals surface area contributed by atoms with Crippen LogP contribution in [-0.2, 0) is 0 Å². The van der Waals surface area contributed by atoms with Crippen molar-refractivity contribution in [1.29, 1.82) is 0 Å². The molecule has 196 valence electrons. The van der Waals surface area contributed by atoms with Crippen LogP contribution >= 0.6 is 23.2 Å². The second-order valence-electron chi connectivity index (χ2n) is 14.1. The maximum atomic E-state index is 7.41. The Labute approximate surface area is 222 Å². The molecule has 0 heterocycles. The largest absolute Gasteiger partial charge is 0.129 e. The van der Waals surface area contributed by atoms with E-state index >= 15 is 0 Å². The lowest BCUT2D eigenvalue weighted by Gasteiger charge is -2.69. The molecule has 34 heavy (non-hydrogen) atoms. The fourth-order valence-corrected chi connectivity index (χ4v) is 11.2. The quantitative estimate of drug-likeness (QED) is 0.312. The fourth-order valence-electron chi connectivity index (χ4n) is 10.1. The third-order valence-corrected chi connectivity index (χ3v) is 14.2. The molecule has 0 aromatic rings. The molecule has 0 nitrogen and oxygen atoms in total. The Morgan fingerprint density at radius 1 is 0.559 bits per heavy atom. The molecule has 5 rings (SSSR count). The molecule has 0 saturated heterocycles. The maximum Gasteiger partial charge on any atom is 0.129 e. The Hall–Kier alpha value is 0.580. The highest BCUT2D eigenvalue weighted by atomic mass is 35.5. The number of unbranched alkanes of at least 4 members (excludes halogenated alkanes) is 1. The van der Waals surface area contributed by atoms with E-state index < -0.39 is 4.33 Å². The van der Waals surface area contributed by atoms with Gasteiger partial charge in [-0.05, 0) is 119 Å². The summed E-state index contributed by atoms with van der Waals surface area (Å²) in [6, 6.07) is 0. The minimum Gasteiger partial charge on any atom is -0.100 e. The Bertz CT molecular complexity index is 636. The van der Waals surface area contributed by atoms with Crippen molar-refractivity contribution in [2.24, 2.45) is 46.3 Å². The third-order valence-electron chi connectivity index (χ3n) is 12.6. The summed E-state index contributed by atoms with van der Waals surface area (Å²) in [5, 5.41) is 0. The first-order chi connectivity index (χ1) is 16.4. The van der Waals surface area contributed by atoms with Gasteiger partial charge in [-0.25, -0.2) is 0 Å². The predicted octanol–water partition coefficient (Wildman–Crippen LogP) is 11.1. The topological polar surface area (TPSA) is 0 Å². The van der Waals surface area contributed by atoms with E-state index in [1.54, 1.807) is 0 Å². The van der Waals surface area contributed by atoms with Gasteiger partial charge in [0.25, 0.3) is 0 Å². The molecular weight excluding hydrogens is 455 g/mol. The van der Waals surface area contributed by atoms with E-state index in [9.17, 15) is 0 Å². The lowest BCUT2D eigenvalue weighted by molar-refractivity contribution is -0.122. The Kier molecular flexibility index (Phi) is 8.28. The van der Waals surface area contributed by atoms with Gasteiger partial charge in [0.15, 0.2) is 0 Å². The highest BCUT2D eigenvalue weighted by molar-refractivity contribution is 6.50. The van der Waals surface area contributed by atoms with Crippen molar-refractivity contribution in [2.45, 2.75) is 153 Å². The van der Waals surface area contributed by atoms with Crippen LogP contribution in [0.5, 0.6) is 0 Å². The van der Waals surface area contributed by atoms with E-state index in [-0.39, 0.29) is 10.8 Å². The van der Waals surface area contributed by atoms with Gasteiger partial charge in [0, 0.05) is 10.8 Å². The van der Waals surface area contributed by atoms with Crippen molar-refractivity contribution in [3.05, 3.63) is 0 Å². The zero-order valence-electron chi connectivity index (χ0n) is 22.6. The summed E-state index contributed by atoms with van der Waals surface area (Å²) in [6.45, 7) is 4.72. The zero-order valence-corrected chi connectivity index (χ0v) is 24.1. The van der Waals surface area contributed by atoms with E-state index in [1.165, 1.54) is 135 Å². The maximum absolute atomic E-state index is 7.41. The van der Waals surface area contributed by atoms with Gasteiger partial charge < -0.3 is 0 Å². The van der Waals surface area contributed by atoms with E-state index in [2.05, 4.69) is 13.8 Å². The number of halogens is 2. The van der Waals surface area contributed by atoms with Crippen molar-refractivity contribution in [2.75, 3.05) is 0 Å². The van der Waals surface area contributed by atoms with Crippen LogP contribution in [-0.4, -0.2) is 4.33 Å². The zero-order chi connectivity index (χ0) is 23.8. The van der Waals surface area contributed by atoms with E-state index in [0.29, 0.717) is 0 Å². The van der Waals surface area contributed by atoms with Gasteiger partial charge in [-0.1, -0.05) is 65.2 Å². The van der Waals surface area contributed by atoms with Crippen LogP contribution in [0.4, 0.5) is 0 Å². The lowest BCUT2D eigenvalue weighted by Crippen LogP contribution is -2.66. The standard InChI is InChI=1S/C32H54Cl2/c1-3-5-6-25-9-13-27(14-10-25)29-17-21-31(22-18-29)23-30(32(31,33)34)19-15-28(16-20-30)26-11-7-24(4-2)8-12-26/h24-29H,3-23H2,1-2H3/t24-,25-,26-,27-,28?,29?,30?,31?. The Balaban J connectivity index is 1.09. The molecule has 0 N–H and O–H groups in total. The molecule has 5 fully saturated rings. The molecule has 2 heteroatoms. The molecule has 0 atom stereocenters. The number of hydrogen-bond donors (Lipinski definition) is 0. The molecule has 2 spiro atoms. The second-order valence-corrected chi connectivity index (χ2v) is 15.4. The highest BCUT2D eigenvalue weighted by Crippen LogP contribution is 2.77. The van der Waals surface area contributed by atoms with Gasteiger partial charge in [0.2, 0.25) is 0 Å². The molecule has 0 aliphatic heterocycles. The molecule has 0 aromatic heterocycles. The summed E-state index contributed by atoms with van der Waals surface area (Å²) in [7, 11) is 0. The molecule has 5 saturated carbocycles. The monoisotopic (exact) mass is 508 g/mol. The molecule has 5 aliphatic rings. The summed E-state index contributed by atoms with van der Waals surface area (Å²) >= 11 is 14.8. The van der Waals surface area contributed by atoms with Crippen LogP contribution in [0.25, 0.3) is 0 Å². The van der Waals surface area contributed by atoms with E-state index in [4.69, 9.17) is 23.2 Å². The van der Waals surface area contributed by atoms with Gasteiger partial charge in [-0.15, -0.1) is 23.2 Å². The minimum absolute atomic E-state index is 0.247. The molecule has 0 aromatic carbocycles. The fraction of sp³-hybridized carbons (Fsp3) is 1.00. The first-order valence-corrected chi connectivity index (χ1v) is 16.6. The minimum atomic E-state index is -0.451. The van der Waals surface area contributed by atoms with Crippen LogP contribution in [0.1, 0.15) is 149 Å².